The number of nitrogens with one attached hydrogen (secondary N) is 1. The molecule has 1 atom stereocenters. The van der Waals surface area contributed by atoms with E-state index >= 15 is 0 Å². The molecule has 0 aliphatic carbocycles. The van der Waals surface area contributed by atoms with Gasteiger partial charge in [0.15, 0.2) is 5.65 Å². The molecule has 3 N–H and O–H groups in total. The lowest BCUT2D eigenvalue weighted by Crippen LogP contribution is -2.43. The predicted molar refractivity (Wildman–Crippen MR) is 192 cm³/mol. The molecule has 51 heavy (non-hydrogen) atoms. The van der Waals surface area contributed by atoms with Crippen LogP contribution in [0.3, 0.4) is 0 Å². The second-order valence-electron chi connectivity index (χ2n) is 13.2. The molecule has 14 heteroatoms. The van der Waals surface area contributed by atoms with Crippen molar-refractivity contribution in [3.63, 3.8) is 0 Å². The number of aryl methyl sites for hydroxylation is 1. The zero-order valence-electron chi connectivity index (χ0n) is 28.1. The summed E-state index contributed by atoms with van der Waals surface area (Å²) in [6.45, 7) is 5.93. The highest BCUT2D eigenvalue weighted by molar-refractivity contribution is 7.90. The van der Waals surface area contributed by atoms with Crippen molar-refractivity contribution in [3.05, 3.63) is 119 Å². The van der Waals surface area contributed by atoms with Crippen LogP contribution in [0.25, 0.3) is 44.7 Å². The first kappa shape index (κ1) is 35.0. The van der Waals surface area contributed by atoms with Crippen molar-refractivity contribution in [2.75, 3.05) is 0 Å². The molecule has 0 aliphatic heterocycles. The zero-order valence-corrected chi connectivity index (χ0v) is 28.9. The Balaban J connectivity index is 1.57. The maximum atomic E-state index is 14.3. The molecule has 6 aromatic rings. The normalized spacial score (nSPS) is 12.5. The molecule has 3 heterocycles. The Labute approximate surface area is 294 Å². The van der Waals surface area contributed by atoms with Crippen LogP contribution in [0.15, 0.2) is 108 Å². The number of rotatable bonds is 11. The van der Waals surface area contributed by atoms with E-state index in [0.29, 0.717) is 57.6 Å². The second kappa shape index (κ2) is 13.8. The molecule has 1 amide bonds. The van der Waals surface area contributed by atoms with Gasteiger partial charge in [-0.25, -0.2) is 22.2 Å². The van der Waals surface area contributed by atoms with Gasteiger partial charge in [-0.15, -0.1) is 0 Å². The number of nitro groups is 1. The summed E-state index contributed by atoms with van der Waals surface area (Å²) in [5.41, 5.74) is 3.47. The SMILES string of the molecule is CC(C)(C)C(CCn1cc(-c2ccnc3c2cc(-c2cccc(CO)c2)n3S(=O)(=O)c2ccccc2)c(-c2ccc([N+](=O)[O-])cc2)n1)NC(=O)O. The summed E-state index contributed by atoms with van der Waals surface area (Å²) < 4.78 is 31.6. The summed E-state index contributed by atoms with van der Waals surface area (Å²) in [5.74, 6) is 0. The van der Waals surface area contributed by atoms with Crippen molar-refractivity contribution < 1.29 is 28.3 Å². The largest absolute Gasteiger partial charge is 0.465 e. The zero-order chi connectivity index (χ0) is 36.5. The van der Waals surface area contributed by atoms with Crippen LogP contribution >= 0.6 is 0 Å². The highest BCUT2D eigenvalue weighted by atomic mass is 32.2. The van der Waals surface area contributed by atoms with Gasteiger partial charge in [0, 0.05) is 53.6 Å². The lowest BCUT2D eigenvalue weighted by Gasteiger charge is -2.30. The van der Waals surface area contributed by atoms with E-state index in [4.69, 9.17) is 5.10 Å². The molecule has 0 radical (unpaired) electrons. The standard InChI is InChI=1S/C37H36N6O7S/c1-37(2,3)33(39-36(45)46)17-19-41-22-31(34(40-41)25-12-14-27(15-13-25)43(47)48)29-16-18-38-35-30(29)21-32(26-9-7-8-24(20-26)23-44)42(35)51(49,50)28-10-5-4-6-11-28/h4-16,18,20-22,33,39,44H,17,19,23H2,1-3H3,(H,45,46). The minimum Gasteiger partial charge on any atom is -0.465 e. The fourth-order valence-electron chi connectivity index (χ4n) is 6.10. The Morgan fingerprint density at radius 2 is 1.69 bits per heavy atom. The van der Waals surface area contributed by atoms with Crippen LogP contribution in [0.1, 0.15) is 32.8 Å². The molecule has 0 bridgehead atoms. The van der Waals surface area contributed by atoms with Crippen molar-refractivity contribution in [3.8, 4) is 33.6 Å². The highest BCUT2D eigenvalue weighted by Crippen LogP contribution is 2.40. The number of hydrogen-bond acceptors (Lipinski definition) is 8. The molecule has 3 aromatic carbocycles. The van der Waals surface area contributed by atoms with Crippen LogP contribution in [0.5, 0.6) is 0 Å². The van der Waals surface area contributed by atoms with Gasteiger partial charge in [0.1, 0.15) is 5.69 Å². The number of benzene rings is 3. The second-order valence-corrected chi connectivity index (χ2v) is 15.0. The van der Waals surface area contributed by atoms with Crippen LogP contribution < -0.4 is 5.32 Å². The van der Waals surface area contributed by atoms with Gasteiger partial charge in [-0.1, -0.05) is 57.2 Å². The molecule has 0 fully saturated rings. The number of nitrogens with zero attached hydrogens (tertiary/aromatic N) is 5. The van der Waals surface area contributed by atoms with E-state index in [0.717, 1.165) is 0 Å². The number of pyridine rings is 1. The molecule has 13 nitrogen and oxygen atoms in total. The van der Waals surface area contributed by atoms with Crippen molar-refractivity contribution >= 4 is 32.8 Å². The van der Waals surface area contributed by atoms with Crippen molar-refractivity contribution in [2.45, 2.75) is 51.3 Å². The Morgan fingerprint density at radius 3 is 2.33 bits per heavy atom. The van der Waals surface area contributed by atoms with Crippen molar-refractivity contribution in [1.29, 1.82) is 0 Å². The molecule has 262 valence electrons. The topological polar surface area (TPSA) is 182 Å². The third kappa shape index (κ3) is 7.09. The maximum absolute atomic E-state index is 14.3. The van der Waals surface area contributed by atoms with Crippen LogP contribution in [0.4, 0.5) is 10.5 Å². The van der Waals surface area contributed by atoms with E-state index in [-0.39, 0.29) is 28.3 Å². The number of nitro benzene ring substituents is 1. The van der Waals surface area contributed by atoms with Gasteiger partial charge >= 0.3 is 6.09 Å². The lowest BCUT2D eigenvalue weighted by molar-refractivity contribution is -0.384. The van der Waals surface area contributed by atoms with E-state index in [2.05, 4.69) is 10.3 Å². The van der Waals surface area contributed by atoms with Gasteiger partial charge in [-0.3, -0.25) is 14.8 Å². The number of carboxylic acid groups (broad SMARTS) is 1. The average Bonchev–Trinajstić information content (AvgIpc) is 3.73. The molecule has 1 unspecified atom stereocenters. The molecular formula is C37H36N6O7S. The third-order valence-corrected chi connectivity index (χ3v) is 10.5. The first-order valence-corrected chi connectivity index (χ1v) is 17.6. The van der Waals surface area contributed by atoms with Gasteiger partial charge in [0.05, 0.1) is 22.1 Å². The molecule has 0 spiro atoms. The highest BCUT2D eigenvalue weighted by Gasteiger charge is 2.29. The van der Waals surface area contributed by atoms with Crippen LogP contribution in [-0.4, -0.2) is 54.4 Å². The molecule has 0 saturated carbocycles. The van der Waals surface area contributed by atoms with E-state index in [1.165, 1.54) is 34.4 Å². The Bertz CT molecular complexity index is 2340. The van der Waals surface area contributed by atoms with Gasteiger partial charge in [-0.2, -0.15) is 5.10 Å². The fraction of sp³-hybridized carbons (Fsp3) is 0.216. The van der Waals surface area contributed by atoms with Crippen LogP contribution in [0, 0.1) is 15.5 Å². The first-order valence-electron chi connectivity index (χ1n) is 16.1. The van der Waals surface area contributed by atoms with Crippen molar-refractivity contribution in [1.82, 2.24) is 24.1 Å². The first-order chi connectivity index (χ1) is 24.3. The summed E-state index contributed by atoms with van der Waals surface area (Å²) in [7, 11) is -4.18. The van der Waals surface area contributed by atoms with Gasteiger partial charge in [0.2, 0.25) is 0 Å². The van der Waals surface area contributed by atoms with Crippen molar-refractivity contribution in [2.24, 2.45) is 5.41 Å². The van der Waals surface area contributed by atoms with Crippen LogP contribution in [-0.2, 0) is 23.2 Å². The van der Waals surface area contributed by atoms with E-state index in [1.807, 2.05) is 20.8 Å². The van der Waals surface area contributed by atoms with E-state index < -0.39 is 27.1 Å². The van der Waals surface area contributed by atoms with Gasteiger partial charge in [-0.05, 0) is 71.0 Å². The van der Waals surface area contributed by atoms with Gasteiger partial charge < -0.3 is 15.5 Å². The number of non-ortho nitro benzene ring substituents is 1. The number of fused-ring (bicyclic) bond motifs is 1. The summed E-state index contributed by atoms with van der Waals surface area (Å²) >= 11 is 0. The van der Waals surface area contributed by atoms with E-state index in [9.17, 15) is 33.5 Å². The van der Waals surface area contributed by atoms with Crippen LogP contribution in [0.2, 0.25) is 0 Å². The molecule has 6 rings (SSSR count). The number of aliphatic hydroxyl groups excluding tert-OH is 1. The number of aromatic nitrogens is 4. The average molecular weight is 709 g/mol. The minimum atomic E-state index is -4.18. The van der Waals surface area contributed by atoms with Gasteiger partial charge in [0.25, 0.3) is 15.7 Å². The summed E-state index contributed by atoms with van der Waals surface area (Å²) in [6, 6.07) is 24.1. The number of hydrogen-bond donors (Lipinski definition) is 3. The lowest BCUT2D eigenvalue weighted by atomic mass is 9.85. The monoisotopic (exact) mass is 708 g/mol. The Morgan fingerprint density at radius 1 is 0.961 bits per heavy atom. The molecule has 0 saturated heterocycles. The predicted octanol–water partition coefficient (Wildman–Crippen LogP) is 6.94. The molecule has 0 aliphatic rings. The fourth-order valence-corrected chi connectivity index (χ4v) is 7.60. The van der Waals surface area contributed by atoms with E-state index in [1.54, 1.807) is 77.6 Å². The minimum absolute atomic E-state index is 0.0667. The number of aliphatic hydroxyl groups is 1. The molecular weight excluding hydrogens is 673 g/mol. The Hall–Kier alpha value is -5.86. The third-order valence-electron chi connectivity index (χ3n) is 8.74. The Kier molecular flexibility index (Phi) is 9.47. The smallest absolute Gasteiger partial charge is 0.404 e. The number of amides is 1. The quantitative estimate of drug-likeness (QED) is 0.0948. The molecule has 3 aromatic heterocycles. The summed E-state index contributed by atoms with van der Waals surface area (Å²) in [6.07, 6.45) is 2.61. The maximum Gasteiger partial charge on any atom is 0.404 e. The summed E-state index contributed by atoms with van der Waals surface area (Å²) in [5, 5.41) is 38.8. The number of carbonyl (C=O) groups is 1. The summed E-state index contributed by atoms with van der Waals surface area (Å²) in [4.78, 5) is 27.2.